The Hall–Kier alpha value is -3.66. The number of ketones is 1. The number of hydrogen-bond donors (Lipinski definition) is 0. The molecular weight excluding hydrogens is 352 g/mol. The summed E-state index contributed by atoms with van der Waals surface area (Å²) in [6.45, 7) is -0.333. The highest BCUT2D eigenvalue weighted by atomic mass is 16.5. The molecule has 0 spiro atoms. The Balaban J connectivity index is 1.33. The number of ether oxygens (including phenoxy) is 1. The quantitative estimate of drug-likeness (QED) is 0.351. The van der Waals surface area contributed by atoms with Crippen molar-refractivity contribution >= 4 is 22.7 Å². The van der Waals surface area contributed by atoms with E-state index < -0.39 is 5.97 Å². The minimum absolute atomic E-state index is 0.114. The minimum Gasteiger partial charge on any atom is -0.457 e. The molecule has 0 radical (unpaired) electrons. The maximum absolute atomic E-state index is 12.2. The molecule has 0 amide bonds. The summed E-state index contributed by atoms with van der Waals surface area (Å²) in [7, 11) is 0. The largest absolute Gasteiger partial charge is 0.457 e. The second-order valence-electron chi connectivity index (χ2n) is 6.47. The van der Waals surface area contributed by atoms with Gasteiger partial charge in [-0.15, -0.1) is 0 Å². The molecule has 1 heterocycles. The van der Waals surface area contributed by atoms with Crippen molar-refractivity contribution in [2.24, 2.45) is 0 Å². The number of carbonyl (C=O) groups excluding carboxylic acids is 2. The Morgan fingerprint density at radius 2 is 1.46 bits per heavy atom. The van der Waals surface area contributed by atoms with Crippen molar-refractivity contribution in [3.63, 3.8) is 0 Å². The molecule has 3 aromatic carbocycles. The van der Waals surface area contributed by atoms with Crippen molar-refractivity contribution in [1.82, 2.24) is 0 Å². The molecule has 0 atom stereocenters. The predicted octanol–water partition coefficient (Wildman–Crippen LogP) is 5.07. The van der Waals surface area contributed by atoms with Crippen molar-refractivity contribution in [2.45, 2.75) is 6.42 Å². The third kappa shape index (κ3) is 4.01. The van der Waals surface area contributed by atoms with Crippen LogP contribution in [0.25, 0.3) is 22.1 Å². The van der Waals surface area contributed by atoms with Crippen LogP contribution in [0.3, 0.4) is 0 Å². The van der Waals surface area contributed by atoms with Crippen LogP contribution >= 0.6 is 0 Å². The summed E-state index contributed by atoms with van der Waals surface area (Å²) in [6, 6.07) is 26.8. The fraction of sp³-hybridized carbons (Fsp3) is 0.0833. The molecule has 0 aliphatic heterocycles. The lowest BCUT2D eigenvalue weighted by Crippen LogP contribution is -2.15. The zero-order valence-corrected chi connectivity index (χ0v) is 15.1. The Morgan fingerprint density at radius 1 is 0.786 bits per heavy atom. The topological polar surface area (TPSA) is 56.5 Å². The molecule has 4 rings (SSSR count). The Bertz CT molecular complexity index is 1080. The molecule has 0 bridgehead atoms. The Morgan fingerprint density at radius 3 is 2.21 bits per heavy atom. The van der Waals surface area contributed by atoms with E-state index in [0.29, 0.717) is 5.58 Å². The lowest BCUT2D eigenvalue weighted by Gasteiger charge is -2.05. The lowest BCUT2D eigenvalue weighted by atomic mass is 10.0. The number of esters is 1. The van der Waals surface area contributed by atoms with Crippen molar-refractivity contribution in [2.75, 3.05) is 6.61 Å². The molecule has 0 aliphatic carbocycles. The second-order valence-corrected chi connectivity index (χ2v) is 6.47. The number of rotatable bonds is 6. The van der Waals surface area contributed by atoms with Gasteiger partial charge in [0, 0.05) is 5.39 Å². The fourth-order valence-electron chi connectivity index (χ4n) is 3.00. The van der Waals surface area contributed by atoms with E-state index in [-0.39, 0.29) is 24.6 Å². The van der Waals surface area contributed by atoms with E-state index in [2.05, 4.69) is 0 Å². The van der Waals surface area contributed by atoms with E-state index in [0.717, 1.165) is 22.1 Å². The van der Waals surface area contributed by atoms with Crippen molar-refractivity contribution in [1.29, 1.82) is 0 Å². The molecule has 0 saturated carbocycles. The van der Waals surface area contributed by atoms with Gasteiger partial charge >= 0.3 is 5.97 Å². The SMILES string of the molecule is O=C(Cc1ccc(-c2ccccc2)cc1)OCC(=O)c1cc2ccccc2o1. The van der Waals surface area contributed by atoms with Crippen LogP contribution in [-0.2, 0) is 16.0 Å². The summed E-state index contributed by atoms with van der Waals surface area (Å²) >= 11 is 0. The summed E-state index contributed by atoms with van der Waals surface area (Å²) in [5.74, 6) is -0.609. The molecule has 1 aromatic heterocycles. The molecule has 4 heteroatoms. The van der Waals surface area contributed by atoms with Gasteiger partial charge in [0.25, 0.3) is 0 Å². The van der Waals surface area contributed by atoms with Crippen LogP contribution in [0.2, 0.25) is 0 Å². The van der Waals surface area contributed by atoms with Crippen LogP contribution in [0.15, 0.2) is 89.3 Å². The van der Waals surface area contributed by atoms with Crippen LogP contribution in [0, 0.1) is 0 Å². The van der Waals surface area contributed by atoms with E-state index in [4.69, 9.17) is 9.15 Å². The molecule has 138 valence electrons. The van der Waals surface area contributed by atoms with Gasteiger partial charge in [0.05, 0.1) is 6.42 Å². The van der Waals surface area contributed by atoms with Gasteiger partial charge in [0.2, 0.25) is 5.78 Å². The number of Topliss-reactive ketones (excluding diaryl/α,β-unsaturated/α-hetero) is 1. The van der Waals surface area contributed by atoms with Gasteiger partial charge in [0.15, 0.2) is 12.4 Å². The maximum atomic E-state index is 12.2. The van der Waals surface area contributed by atoms with E-state index >= 15 is 0 Å². The predicted molar refractivity (Wildman–Crippen MR) is 107 cm³/mol. The highest BCUT2D eigenvalue weighted by Crippen LogP contribution is 2.20. The average molecular weight is 370 g/mol. The summed E-state index contributed by atoms with van der Waals surface area (Å²) in [5, 5.41) is 0.843. The summed E-state index contributed by atoms with van der Waals surface area (Å²) in [5.41, 5.74) is 3.67. The highest BCUT2D eigenvalue weighted by molar-refractivity contribution is 5.99. The molecule has 4 nitrogen and oxygen atoms in total. The zero-order valence-electron chi connectivity index (χ0n) is 15.1. The van der Waals surface area contributed by atoms with Crippen molar-refractivity contribution in [3.8, 4) is 11.1 Å². The third-order valence-corrected chi connectivity index (χ3v) is 4.47. The smallest absolute Gasteiger partial charge is 0.310 e. The first-order valence-corrected chi connectivity index (χ1v) is 9.01. The minimum atomic E-state index is -0.447. The molecule has 0 saturated heterocycles. The van der Waals surface area contributed by atoms with Crippen molar-refractivity contribution < 1.29 is 18.7 Å². The Kier molecular flexibility index (Phi) is 5.02. The Labute approximate surface area is 162 Å². The van der Waals surface area contributed by atoms with Gasteiger partial charge in [-0.2, -0.15) is 0 Å². The number of hydrogen-bond acceptors (Lipinski definition) is 4. The number of carbonyl (C=O) groups is 2. The molecular formula is C24H18O4. The van der Waals surface area contributed by atoms with Crippen LogP contribution in [0.1, 0.15) is 16.1 Å². The van der Waals surface area contributed by atoms with E-state index in [1.165, 1.54) is 0 Å². The highest BCUT2D eigenvalue weighted by Gasteiger charge is 2.15. The molecule has 0 N–H and O–H groups in total. The van der Waals surface area contributed by atoms with E-state index in [1.807, 2.05) is 72.8 Å². The number of furan rings is 1. The first-order chi connectivity index (χ1) is 13.7. The van der Waals surface area contributed by atoms with Gasteiger partial charge < -0.3 is 9.15 Å². The molecule has 28 heavy (non-hydrogen) atoms. The lowest BCUT2D eigenvalue weighted by molar-refractivity contribution is -0.141. The van der Waals surface area contributed by atoms with Gasteiger partial charge in [-0.25, -0.2) is 0 Å². The maximum Gasteiger partial charge on any atom is 0.310 e. The van der Waals surface area contributed by atoms with Crippen LogP contribution in [0.4, 0.5) is 0 Å². The number of fused-ring (bicyclic) bond motifs is 1. The monoisotopic (exact) mass is 370 g/mol. The van der Waals surface area contributed by atoms with E-state index in [9.17, 15) is 9.59 Å². The van der Waals surface area contributed by atoms with Crippen LogP contribution in [0.5, 0.6) is 0 Å². The summed E-state index contributed by atoms with van der Waals surface area (Å²) in [6.07, 6.45) is 0.114. The number of para-hydroxylation sites is 1. The summed E-state index contributed by atoms with van der Waals surface area (Å²) in [4.78, 5) is 24.3. The number of benzene rings is 3. The van der Waals surface area contributed by atoms with Crippen LogP contribution < -0.4 is 0 Å². The molecule has 0 fully saturated rings. The standard InChI is InChI=1S/C24H18O4/c25-21(23-15-20-8-4-5-9-22(20)28-23)16-27-24(26)14-17-10-12-19(13-11-17)18-6-2-1-3-7-18/h1-13,15H,14,16H2. The third-order valence-electron chi connectivity index (χ3n) is 4.47. The van der Waals surface area contributed by atoms with Gasteiger partial charge in [-0.05, 0) is 28.8 Å². The van der Waals surface area contributed by atoms with Gasteiger partial charge in [-0.3, -0.25) is 9.59 Å². The second kappa shape index (κ2) is 7.92. The normalized spacial score (nSPS) is 10.7. The first kappa shape index (κ1) is 17.7. The van der Waals surface area contributed by atoms with Gasteiger partial charge in [0.1, 0.15) is 5.58 Å². The first-order valence-electron chi connectivity index (χ1n) is 9.01. The molecule has 0 aliphatic rings. The van der Waals surface area contributed by atoms with Gasteiger partial charge in [-0.1, -0.05) is 72.8 Å². The van der Waals surface area contributed by atoms with Crippen LogP contribution in [-0.4, -0.2) is 18.4 Å². The zero-order chi connectivity index (χ0) is 19.3. The summed E-state index contributed by atoms with van der Waals surface area (Å²) < 4.78 is 10.6. The molecule has 0 unspecified atom stereocenters. The fourth-order valence-corrected chi connectivity index (χ4v) is 3.00. The van der Waals surface area contributed by atoms with Crippen molar-refractivity contribution in [3.05, 3.63) is 96.3 Å². The average Bonchev–Trinajstić information content (AvgIpc) is 3.18. The molecule has 4 aromatic rings. The van der Waals surface area contributed by atoms with E-state index in [1.54, 1.807) is 12.1 Å².